The van der Waals surface area contributed by atoms with Crippen LogP contribution in [0.5, 0.6) is 0 Å². The van der Waals surface area contributed by atoms with E-state index in [-0.39, 0.29) is 24.2 Å². The summed E-state index contributed by atoms with van der Waals surface area (Å²) < 4.78 is 0. The number of hydrogen-bond acceptors (Lipinski definition) is 2. The Balaban J connectivity index is 0.00000441. The van der Waals surface area contributed by atoms with Gasteiger partial charge < -0.3 is 10.2 Å². The van der Waals surface area contributed by atoms with Crippen LogP contribution in [-0.2, 0) is 11.2 Å². The highest BCUT2D eigenvalue weighted by atomic mass is 35.5. The van der Waals surface area contributed by atoms with Crippen molar-refractivity contribution in [2.24, 2.45) is 5.92 Å². The second kappa shape index (κ2) is 10.6. The molecule has 0 heterocycles. The summed E-state index contributed by atoms with van der Waals surface area (Å²) in [7, 11) is 4.09. The van der Waals surface area contributed by atoms with E-state index in [9.17, 15) is 4.79 Å². The topological polar surface area (TPSA) is 32.3 Å². The normalized spacial score (nSPS) is 12.1. The molecule has 1 N–H and O–H groups in total. The summed E-state index contributed by atoms with van der Waals surface area (Å²) >= 11 is 0. The number of hydrogen-bond donors (Lipinski definition) is 1. The molecule has 1 aromatic carbocycles. The van der Waals surface area contributed by atoms with Crippen molar-refractivity contribution in [1.82, 2.24) is 10.2 Å². The summed E-state index contributed by atoms with van der Waals surface area (Å²) in [6.45, 7) is 8.15. The predicted octanol–water partition coefficient (Wildman–Crippen LogP) is 3.48. The monoisotopic (exact) mass is 326 g/mol. The van der Waals surface area contributed by atoms with Gasteiger partial charge in [-0.25, -0.2) is 0 Å². The van der Waals surface area contributed by atoms with Gasteiger partial charge in [-0.2, -0.15) is 0 Å². The van der Waals surface area contributed by atoms with Crippen molar-refractivity contribution >= 4 is 18.3 Å². The second-order valence-corrected chi connectivity index (χ2v) is 6.51. The van der Waals surface area contributed by atoms with Crippen molar-refractivity contribution in [3.05, 3.63) is 35.4 Å². The molecule has 1 atom stereocenters. The lowest BCUT2D eigenvalue weighted by atomic mass is 9.96. The van der Waals surface area contributed by atoms with Crippen molar-refractivity contribution < 1.29 is 4.79 Å². The number of nitrogens with one attached hydrogen (secondary N) is 1. The zero-order chi connectivity index (χ0) is 15.8. The summed E-state index contributed by atoms with van der Waals surface area (Å²) in [6, 6.07) is 8.46. The van der Waals surface area contributed by atoms with E-state index in [0.29, 0.717) is 5.92 Å². The van der Waals surface area contributed by atoms with E-state index < -0.39 is 0 Å². The van der Waals surface area contributed by atoms with Crippen LogP contribution in [0.3, 0.4) is 0 Å². The van der Waals surface area contributed by atoms with E-state index in [1.54, 1.807) is 0 Å². The van der Waals surface area contributed by atoms with Gasteiger partial charge in [0.2, 0.25) is 5.91 Å². The lowest BCUT2D eigenvalue weighted by Gasteiger charge is -2.14. The van der Waals surface area contributed by atoms with Gasteiger partial charge in [-0.05, 0) is 57.5 Å². The van der Waals surface area contributed by atoms with Gasteiger partial charge in [0.25, 0.3) is 0 Å². The van der Waals surface area contributed by atoms with Crippen LogP contribution in [0.2, 0.25) is 0 Å². The Hall–Kier alpha value is -1.06. The Morgan fingerprint density at radius 3 is 2.23 bits per heavy atom. The molecular weight excluding hydrogens is 296 g/mol. The largest absolute Gasteiger partial charge is 0.356 e. The fraction of sp³-hybridized carbons (Fsp3) is 0.611. The molecule has 4 heteroatoms. The molecular formula is C18H31ClN2O. The molecule has 0 aromatic heterocycles. The molecule has 0 aliphatic heterocycles. The third-order valence-corrected chi connectivity index (χ3v) is 3.60. The number of carbonyl (C=O) groups excluding carboxylic acids is 1. The number of amides is 1. The van der Waals surface area contributed by atoms with Crippen LogP contribution in [-0.4, -0.2) is 38.0 Å². The van der Waals surface area contributed by atoms with Gasteiger partial charge >= 0.3 is 0 Å². The van der Waals surface area contributed by atoms with Crippen LogP contribution in [0, 0.1) is 5.92 Å². The number of benzene rings is 1. The standard InChI is InChI=1S/C18H30N2O.ClH/c1-14(2)13-16-7-9-17(10-8-16)15(3)18(21)19-11-6-12-20(4)5;/h7-10,14-15H,6,11-13H2,1-5H3,(H,19,21);1H/t15-;/m0./s1. The second-order valence-electron chi connectivity index (χ2n) is 6.51. The molecule has 1 aromatic rings. The summed E-state index contributed by atoms with van der Waals surface area (Å²) in [4.78, 5) is 14.3. The lowest BCUT2D eigenvalue weighted by molar-refractivity contribution is -0.122. The first kappa shape index (κ1) is 20.9. The Morgan fingerprint density at radius 1 is 1.14 bits per heavy atom. The van der Waals surface area contributed by atoms with Crippen LogP contribution in [0.4, 0.5) is 0 Å². The van der Waals surface area contributed by atoms with Gasteiger partial charge in [0.15, 0.2) is 0 Å². The van der Waals surface area contributed by atoms with E-state index in [1.807, 2.05) is 21.0 Å². The Bertz CT molecular complexity index is 429. The van der Waals surface area contributed by atoms with Crippen LogP contribution in [0.1, 0.15) is 44.2 Å². The molecule has 0 saturated carbocycles. The third kappa shape index (κ3) is 7.81. The molecule has 0 saturated heterocycles. The first-order valence-corrected chi connectivity index (χ1v) is 7.91. The fourth-order valence-electron chi connectivity index (χ4n) is 2.33. The van der Waals surface area contributed by atoms with Gasteiger partial charge in [-0.1, -0.05) is 38.1 Å². The summed E-state index contributed by atoms with van der Waals surface area (Å²) in [5.74, 6) is 0.691. The quantitative estimate of drug-likeness (QED) is 0.742. The highest BCUT2D eigenvalue weighted by Gasteiger charge is 2.14. The molecule has 0 radical (unpaired) electrons. The third-order valence-electron chi connectivity index (χ3n) is 3.60. The van der Waals surface area contributed by atoms with Crippen molar-refractivity contribution in [2.45, 2.75) is 39.5 Å². The molecule has 0 aliphatic carbocycles. The van der Waals surface area contributed by atoms with Crippen molar-refractivity contribution in [3.8, 4) is 0 Å². The zero-order valence-electron chi connectivity index (χ0n) is 14.6. The molecule has 0 spiro atoms. The maximum absolute atomic E-state index is 12.1. The molecule has 3 nitrogen and oxygen atoms in total. The van der Waals surface area contributed by atoms with Crippen molar-refractivity contribution in [2.75, 3.05) is 27.2 Å². The van der Waals surface area contributed by atoms with Gasteiger partial charge in [0.05, 0.1) is 5.92 Å². The maximum atomic E-state index is 12.1. The molecule has 0 unspecified atom stereocenters. The molecule has 126 valence electrons. The fourth-order valence-corrected chi connectivity index (χ4v) is 2.33. The van der Waals surface area contributed by atoms with E-state index in [4.69, 9.17) is 0 Å². The number of carbonyl (C=O) groups is 1. The summed E-state index contributed by atoms with van der Waals surface area (Å²) in [5, 5.41) is 3.02. The molecule has 0 fully saturated rings. The first-order valence-electron chi connectivity index (χ1n) is 7.91. The Kier molecular flexibility index (Phi) is 10.1. The van der Waals surface area contributed by atoms with E-state index >= 15 is 0 Å². The van der Waals surface area contributed by atoms with Crippen molar-refractivity contribution in [1.29, 1.82) is 0 Å². The van der Waals surface area contributed by atoms with Gasteiger partial charge in [0, 0.05) is 6.54 Å². The highest BCUT2D eigenvalue weighted by Crippen LogP contribution is 2.17. The molecule has 22 heavy (non-hydrogen) atoms. The van der Waals surface area contributed by atoms with E-state index in [1.165, 1.54) is 5.56 Å². The van der Waals surface area contributed by atoms with E-state index in [0.717, 1.165) is 31.5 Å². The van der Waals surface area contributed by atoms with Crippen LogP contribution in [0.25, 0.3) is 0 Å². The average Bonchev–Trinajstić information content (AvgIpc) is 2.42. The minimum absolute atomic E-state index is 0. The SMILES string of the molecule is CC(C)Cc1ccc([C@H](C)C(=O)NCCCN(C)C)cc1.Cl. The molecule has 0 aliphatic rings. The van der Waals surface area contributed by atoms with Gasteiger partial charge in [-0.3, -0.25) is 4.79 Å². The lowest BCUT2D eigenvalue weighted by Crippen LogP contribution is -2.30. The van der Waals surface area contributed by atoms with Gasteiger partial charge in [-0.15, -0.1) is 12.4 Å². The first-order chi connectivity index (χ1) is 9.90. The summed E-state index contributed by atoms with van der Waals surface area (Å²) in [6.07, 6.45) is 2.07. The minimum atomic E-state index is -0.0857. The summed E-state index contributed by atoms with van der Waals surface area (Å²) in [5.41, 5.74) is 2.43. The van der Waals surface area contributed by atoms with Crippen molar-refractivity contribution in [3.63, 3.8) is 0 Å². The number of halogens is 1. The Morgan fingerprint density at radius 2 is 1.73 bits per heavy atom. The number of nitrogens with zero attached hydrogens (tertiary/aromatic N) is 1. The smallest absolute Gasteiger partial charge is 0.227 e. The average molecular weight is 327 g/mol. The molecule has 1 amide bonds. The zero-order valence-corrected chi connectivity index (χ0v) is 15.4. The number of rotatable bonds is 8. The minimum Gasteiger partial charge on any atom is -0.356 e. The van der Waals surface area contributed by atoms with Gasteiger partial charge in [0.1, 0.15) is 0 Å². The Labute approximate surface area is 141 Å². The molecule has 1 rings (SSSR count). The van der Waals surface area contributed by atoms with Crippen LogP contribution in [0.15, 0.2) is 24.3 Å². The van der Waals surface area contributed by atoms with Crippen LogP contribution < -0.4 is 5.32 Å². The highest BCUT2D eigenvalue weighted by molar-refractivity contribution is 5.85. The predicted molar refractivity (Wildman–Crippen MR) is 96.8 cm³/mol. The molecule has 0 bridgehead atoms. The van der Waals surface area contributed by atoms with Crippen LogP contribution >= 0.6 is 12.4 Å². The van der Waals surface area contributed by atoms with E-state index in [2.05, 4.69) is 48.3 Å². The maximum Gasteiger partial charge on any atom is 0.227 e.